The summed E-state index contributed by atoms with van der Waals surface area (Å²) in [5, 5.41) is 2.46. The molecule has 8 nitrogen and oxygen atoms in total. The van der Waals surface area contributed by atoms with Gasteiger partial charge in [0.05, 0.1) is 17.7 Å². The fraction of sp³-hybridized carbons (Fsp3) is 0.250. The Balaban J connectivity index is 1.32. The predicted octanol–water partition coefficient (Wildman–Crippen LogP) is 4.46. The van der Waals surface area contributed by atoms with Gasteiger partial charge in [0.2, 0.25) is 0 Å². The lowest BCUT2D eigenvalue weighted by molar-refractivity contribution is 0.0103. The van der Waals surface area contributed by atoms with E-state index in [0.29, 0.717) is 38.2 Å². The molecule has 0 aliphatic carbocycles. The maximum absolute atomic E-state index is 13.3. The summed E-state index contributed by atoms with van der Waals surface area (Å²) >= 11 is 5.74. The molecule has 2 aromatic carbocycles. The van der Waals surface area contributed by atoms with Gasteiger partial charge >= 0.3 is 10.2 Å². The molecule has 3 aromatic rings. The highest BCUT2D eigenvalue weighted by Crippen LogP contribution is 2.22. The van der Waals surface area contributed by atoms with E-state index in [4.69, 9.17) is 16.3 Å². The zero-order valence-electron chi connectivity index (χ0n) is 18.7. The van der Waals surface area contributed by atoms with Crippen molar-refractivity contribution < 1.29 is 22.3 Å². The van der Waals surface area contributed by atoms with Gasteiger partial charge in [-0.05, 0) is 48.7 Å². The normalized spacial score (nSPS) is 15.0. The van der Waals surface area contributed by atoms with Gasteiger partial charge in [-0.15, -0.1) is 0 Å². The Bertz CT molecular complexity index is 1290. The lowest BCUT2D eigenvalue weighted by atomic mass is 10.1. The number of anilines is 2. The van der Waals surface area contributed by atoms with Gasteiger partial charge in [0.1, 0.15) is 11.6 Å². The quantitative estimate of drug-likeness (QED) is 0.458. The second kappa shape index (κ2) is 11.1. The first-order valence-electron chi connectivity index (χ1n) is 11.0. The van der Waals surface area contributed by atoms with Crippen LogP contribution in [-0.4, -0.2) is 42.8 Å². The van der Waals surface area contributed by atoms with E-state index in [1.165, 1.54) is 34.8 Å². The number of nitrogens with zero attached hydrogens (tertiary/aromatic N) is 2. The molecule has 1 fully saturated rings. The van der Waals surface area contributed by atoms with Crippen molar-refractivity contribution in [1.82, 2.24) is 9.29 Å². The van der Waals surface area contributed by atoms with Crippen LogP contribution in [0.3, 0.4) is 0 Å². The van der Waals surface area contributed by atoms with E-state index in [1.807, 2.05) is 30.3 Å². The molecule has 1 aliphatic rings. The third kappa shape index (κ3) is 6.76. The summed E-state index contributed by atoms with van der Waals surface area (Å²) in [7, 11) is -3.86. The number of nitrogens with one attached hydrogen (secondary N) is 2. The Morgan fingerprint density at radius 2 is 1.86 bits per heavy atom. The minimum atomic E-state index is -3.86. The van der Waals surface area contributed by atoms with Crippen LogP contribution in [0.1, 0.15) is 28.8 Å². The highest BCUT2D eigenvalue weighted by Gasteiger charge is 2.29. The molecule has 1 aliphatic heterocycles. The van der Waals surface area contributed by atoms with Gasteiger partial charge in [0.15, 0.2) is 0 Å². The number of piperidine rings is 1. The van der Waals surface area contributed by atoms with Crippen molar-refractivity contribution in [3.63, 3.8) is 0 Å². The van der Waals surface area contributed by atoms with Crippen molar-refractivity contribution in [2.45, 2.75) is 25.6 Å². The van der Waals surface area contributed by atoms with E-state index in [1.54, 1.807) is 0 Å². The van der Waals surface area contributed by atoms with Gasteiger partial charge in [-0.25, -0.2) is 9.37 Å². The summed E-state index contributed by atoms with van der Waals surface area (Å²) in [5.74, 6) is -1.11. The molecule has 2 N–H and O–H groups in total. The molecule has 0 atom stereocenters. The van der Waals surface area contributed by atoms with Crippen LogP contribution in [0.5, 0.6) is 0 Å². The van der Waals surface area contributed by atoms with Crippen LogP contribution in [0, 0.1) is 5.82 Å². The molecule has 2 heterocycles. The Kier molecular flexibility index (Phi) is 7.97. The lowest BCUT2D eigenvalue weighted by Gasteiger charge is -2.31. The van der Waals surface area contributed by atoms with E-state index in [0.717, 1.165) is 11.6 Å². The largest absolute Gasteiger partial charge is 0.373 e. The molecular formula is C24H24ClFN4O4S. The molecule has 0 spiro atoms. The standard InChI is InChI=1S/C24H24ClFN4O4S/c25-21-15-19(6-7-22(21)26)28-24(31)18-8-11-27-23(14-18)29-35(32,33)30-12-9-20(10-13-30)34-16-17-4-2-1-3-5-17/h1-8,11,14-15,20H,9-10,12-13,16H2,(H,27,29)(H,28,31). The molecule has 0 saturated carbocycles. The number of carbonyl (C=O) groups is 1. The van der Waals surface area contributed by atoms with Crippen LogP contribution in [0.4, 0.5) is 15.9 Å². The Morgan fingerprint density at radius 3 is 2.57 bits per heavy atom. The molecule has 11 heteroatoms. The van der Waals surface area contributed by atoms with Crippen LogP contribution in [-0.2, 0) is 21.6 Å². The van der Waals surface area contributed by atoms with Gasteiger partial charge < -0.3 is 10.1 Å². The first kappa shape index (κ1) is 25.1. The molecule has 0 unspecified atom stereocenters. The van der Waals surface area contributed by atoms with Gasteiger partial charge in [-0.3, -0.25) is 9.52 Å². The Hall–Kier alpha value is -3.05. The summed E-state index contributed by atoms with van der Waals surface area (Å²) in [6.45, 7) is 1.10. The van der Waals surface area contributed by atoms with E-state index < -0.39 is 21.9 Å². The molecular weight excluding hydrogens is 495 g/mol. The molecule has 0 bridgehead atoms. The van der Waals surface area contributed by atoms with E-state index in [9.17, 15) is 17.6 Å². The number of rotatable bonds is 8. The van der Waals surface area contributed by atoms with Crippen LogP contribution >= 0.6 is 11.6 Å². The second-order valence-corrected chi connectivity index (χ2v) is 10.1. The Labute approximate surface area is 208 Å². The van der Waals surface area contributed by atoms with Crippen molar-refractivity contribution in [2.75, 3.05) is 23.1 Å². The number of aromatic nitrogens is 1. The average molecular weight is 519 g/mol. The maximum atomic E-state index is 13.3. The number of benzene rings is 2. The monoisotopic (exact) mass is 518 g/mol. The fourth-order valence-electron chi connectivity index (χ4n) is 3.63. The summed E-state index contributed by atoms with van der Waals surface area (Å²) in [5.41, 5.74) is 1.55. The number of amides is 1. The molecule has 1 aromatic heterocycles. The summed E-state index contributed by atoms with van der Waals surface area (Å²) in [4.78, 5) is 16.6. The van der Waals surface area contributed by atoms with Crippen LogP contribution in [0.15, 0.2) is 66.9 Å². The van der Waals surface area contributed by atoms with E-state index in [2.05, 4.69) is 15.0 Å². The van der Waals surface area contributed by atoms with Crippen LogP contribution in [0.2, 0.25) is 5.02 Å². The number of ether oxygens (including phenoxy) is 1. The van der Waals surface area contributed by atoms with E-state index >= 15 is 0 Å². The first-order chi connectivity index (χ1) is 16.8. The van der Waals surface area contributed by atoms with Crippen molar-refractivity contribution in [1.29, 1.82) is 0 Å². The minimum Gasteiger partial charge on any atom is -0.373 e. The van der Waals surface area contributed by atoms with Gasteiger partial charge in [0.25, 0.3) is 5.91 Å². The van der Waals surface area contributed by atoms with Crippen LogP contribution in [0.25, 0.3) is 0 Å². The highest BCUT2D eigenvalue weighted by atomic mass is 35.5. The smallest absolute Gasteiger partial charge is 0.302 e. The lowest BCUT2D eigenvalue weighted by Crippen LogP contribution is -2.43. The van der Waals surface area contributed by atoms with Crippen molar-refractivity contribution in [3.05, 3.63) is 88.8 Å². The second-order valence-electron chi connectivity index (χ2n) is 8.01. The zero-order valence-corrected chi connectivity index (χ0v) is 20.2. The molecule has 184 valence electrons. The summed E-state index contributed by atoms with van der Waals surface area (Å²) in [6, 6.07) is 16.4. The SMILES string of the molecule is O=C(Nc1ccc(F)c(Cl)c1)c1ccnc(NS(=O)(=O)N2CCC(OCc3ccccc3)CC2)c1. The van der Waals surface area contributed by atoms with Crippen molar-refractivity contribution in [2.24, 2.45) is 0 Å². The highest BCUT2D eigenvalue weighted by molar-refractivity contribution is 7.90. The fourth-order valence-corrected chi connectivity index (χ4v) is 5.01. The number of pyridine rings is 1. The molecule has 35 heavy (non-hydrogen) atoms. The van der Waals surface area contributed by atoms with Crippen LogP contribution < -0.4 is 10.0 Å². The first-order valence-corrected chi connectivity index (χ1v) is 12.8. The number of hydrogen-bond acceptors (Lipinski definition) is 5. The topological polar surface area (TPSA) is 101 Å². The summed E-state index contributed by atoms with van der Waals surface area (Å²) < 4.78 is 48.8. The molecule has 1 saturated heterocycles. The zero-order chi connectivity index (χ0) is 24.8. The molecule has 0 radical (unpaired) electrons. The number of halogens is 2. The minimum absolute atomic E-state index is 0.0113. The average Bonchev–Trinajstić information content (AvgIpc) is 2.86. The summed E-state index contributed by atoms with van der Waals surface area (Å²) in [6.07, 6.45) is 2.45. The number of hydrogen-bond donors (Lipinski definition) is 2. The molecule has 1 amide bonds. The maximum Gasteiger partial charge on any atom is 0.302 e. The van der Waals surface area contributed by atoms with Gasteiger partial charge in [-0.2, -0.15) is 12.7 Å². The third-order valence-electron chi connectivity index (χ3n) is 5.50. The number of carbonyl (C=O) groups excluding carboxylic acids is 1. The van der Waals surface area contributed by atoms with Gasteiger partial charge in [0, 0.05) is 30.5 Å². The Morgan fingerprint density at radius 1 is 1.11 bits per heavy atom. The predicted molar refractivity (Wildman–Crippen MR) is 132 cm³/mol. The van der Waals surface area contributed by atoms with Crippen molar-refractivity contribution >= 4 is 39.2 Å². The van der Waals surface area contributed by atoms with E-state index in [-0.39, 0.29) is 22.5 Å². The van der Waals surface area contributed by atoms with Gasteiger partial charge in [-0.1, -0.05) is 41.9 Å². The van der Waals surface area contributed by atoms with Crippen molar-refractivity contribution in [3.8, 4) is 0 Å². The molecule has 4 rings (SSSR count). The third-order valence-corrected chi connectivity index (χ3v) is 7.30.